The Balaban J connectivity index is 0.00000392. The molecule has 0 saturated heterocycles. The fraction of sp³-hybridized carbons (Fsp3) is 0.500. The summed E-state index contributed by atoms with van der Waals surface area (Å²) in [5.74, 6) is -1.11. The van der Waals surface area contributed by atoms with Crippen molar-refractivity contribution in [2.24, 2.45) is 17.3 Å². The second kappa shape index (κ2) is 9.60. The number of carbonyl (C=O) groups is 3. The van der Waals surface area contributed by atoms with Crippen LogP contribution in [-0.2, 0) is 43.3 Å². The molecule has 1 saturated carbocycles. The summed E-state index contributed by atoms with van der Waals surface area (Å²) in [6.07, 6.45) is 7.32. The summed E-state index contributed by atoms with van der Waals surface area (Å²) in [5.41, 5.74) is 1.72. The van der Waals surface area contributed by atoms with Crippen LogP contribution in [0.1, 0.15) is 40.5 Å². The Morgan fingerprint density at radius 1 is 1.32 bits per heavy atom. The molecule has 28 heavy (non-hydrogen) atoms. The van der Waals surface area contributed by atoms with Gasteiger partial charge in [-0.05, 0) is 37.2 Å². The summed E-state index contributed by atoms with van der Waals surface area (Å²) in [7, 11) is 1.33. The number of hydrogen-bond donors (Lipinski definition) is 0. The maximum atomic E-state index is 12.7. The van der Waals surface area contributed by atoms with Crippen molar-refractivity contribution in [2.75, 3.05) is 7.11 Å². The fourth-order valence-electron chi connectivity index (χ4n) is 3.70. The molecule has 2 aliphatic rings. The van der Waals surface area contributed by atoms with Crippen LogP contribution in [0.2, 0.25) is 0 Å². The molecule has 0 aliphatic heterocycles. The molecule has 0 unspecified atom stereocenters. The first kappa shape index (κ1) is 24.2. The number of allylic oxidation sites excluding steroid dienone is 5. The van der Waals surface area contributed by atoms with E-state index < -0.39 is 12.1 Å². The predicted molar refractivity (Wildman–Crippen MR) is 103 cm³/mol. The number of Topliss-reactive ketones (excluding diaryl/α,β-unsaturated/α-hetero) is 1. The molecular weight excluding hydrogens is 410 g/mol. The van der Waals surface area contributed by atoms with Gasteiger partial charge < -0.3 is 9.47 Å². The molecule has 0 spiro atoms. The molecular formula is C22H28O5Zn. The Kier molecular flexibility index (Phi) is 8.31. The van der Waals surface area contributed by atoms with Gasteiger partial charge in [0.1, 0.15) is 6.10 Å². The van der Waals surface area contributed by atoms with Crippen LogP contribution >= 0.6 is 0 Å². The van der Waals surface area contributed by atoms with Gasteiger partial charge in [0.05, 0.1) is 19.4 Å². The molecule has 2 rings (SSSR count). The Morgan fingerprint density at radius 3 is 2.54 bits per heavy atom. The largest absolute Gasteiger partial charge is 0.466 e. The van der Waals surface area contributed by atoms with Gasteiger partial charge >= 0.3 is 11.9 Å². The molecule has 2 aliphatic carbocycles. The van der Waals surface area contributed by atoms with Gasteiger partial charge in [-0.2, -0.15) is 0 Å². The molecule has 0 heterocycles. The van der Waals surface area contributed by atoms with Crippen molar-refractivity contribution in [2.45, 2.75) is 46.6 Å². The number of carbonyl (C=O) groups excluding carboxylic acids is 3. The van der Waals surface area contributed by atoms with Gasteiger partial charge in [0, 0.05) is 30.6 Å². The zero-order chi connectivity index (χ0) is 20.4. The molecule has 0 amide bonds. The predicted octanol–water partition coefficient (Wildman–Crippen LogP) is 3.71. The Morgan fingerprint density at radius 2 is 1.96 bits per heavy atom. The normalized spacial score (nSPS) is 26.1. The smallest absolute Gasteiger partial charge is 0.333 e. The van der Waals surface area contributed by atoms with E-state index in [-0.39, 0.29) is 54.9 Å². The van der Waals surface area contributed by atoms with Gasteiger partial charge in [0.2, 0.25) is 0 Å². The van der Waals surface area contributed by atoms with E-state index >= 15 is 0 Å². The van der Waals surface area contributed by atoms with Crippen LogP contribution in [0.15, 0.2) is 47.6 Å². The first-order chi connectivity index (χ1) is 12.6. The van der Waals surface area contributed by atoms with E-state index in [9.17, 15) is 14.4 Å². The van der Waals surface area contributed by atoms with Gasteiger partial charge in [-0.3, -0.25) is 9.59 Å². The van der Waals surface area contributed by atoms with Crippen LogP contribution in [0.5, 0.6) is 0 Å². The van der Waals surface area contributed by atoms with Crippen LogP contribution < -0.4 is 0 Å². The van der Waals surface area contributed by atoms with Gasteiger partial charge in [-0.25, -0.2) is 4.79 Å². The van der Waals surface area contributed by atoms with Crippen molar-refractivity contribution in [1.82, 2.24) is 0 Å². The summed E-state index contributed by atoms with van der Waals surface area (Å²) in [6.45, 7) is 11.1. The zero-order valence-corrected chi connectivity index (χ0v) is 20.4. The first-order valence-corrected chi connectivity index (χ1v) is 9.12. The molecule has 0 bridgehead atoms. The topological polar surface area (TPSA) is 69.7 Å². The number of rotatable bonds is 7. The van der Waals surface area contributed by atoms with Crippen molar-refractivity contribution in [3.05, 3.63) is 47.6 Å². The van der Waals surface area contributed by atoms with Crippen LogP contribution in [0.3, 0.4) is 0 Å². The minimum absolute atomic E-state index is 0. The first-order valence-electron chi connectivity index (χ1n) is 9.12. The van der Waals surface area contributed by atoms with E-state index in [1.807, 2.05) is 26.8 Å². The molecule has 148 valence electrons. The minimum atomic E-state index is -0.500. The summed E-state index contributed by atoms with van der Waals surface area (Å²) in [5, 5.41) is 0. The van der Waals surface area contributed by atoms with Crippen LogP contribution in [-0.4, -0.2) is 30.9 Å². The van der Waals surface area contributed by atoms with Gasteiger partial charge in [-0.1, -0.05) is 44.7 Å². The number of esters is 2. The van der Waals surface area contributed by atoms with Crippen molar-refractivity contribution < 1.29 is 43.3 Å². The van der Waals surface area contributed by atoms with Crippen molar-refractivity contribution >= 4 is 17.7 Å². The Hall–Kier alpha value is -1.81. The maximum absolute atomic E-state index is 12.7. The van der Waals surface area contributed by atoms with Crippen LogP contribution in [0, 0.1) is 17.3 Å². The second-order valence-corrected chi connectivity index (χ2v) is 7.75. The number of hydrogen-bond acceptors (Lipinski definition) is 5. The molecule has 3 atom stereocenters. The third-order valence-electron chi connectivity index (χ3n) is 5.62. The van der Waals surface area contributed by atoms with E-state index in [1.165, 1.54) is 7.11 Å². The van der Waals surface area contributed by atoms with Gasteiger partial charge in [0.15, 0.2) is 5.78 Å². The van der Waals surface area contributed by atoms with Crippen molar-refractivity contribution in [3.63, 3.8) is 0 Å². The molecule has 0 N–H and O–H groups in total. The quantitative estimate of drug-likeness (QED) is 0.263. The van der Waals surface area contributed by atoms with Gasteiger partial charge in [0.25, 0.3) is 0 Å². The van der Waals surface area contributed by atoms with Crippen molar-refractivity contribution in [1.29, 1.82) is 0 Å². The minimum Gasteiger partial charge on any atom is -0.466 e. The summed E-state index contributed by atoms with van der Waals surface area (Å²) >= 11 is 0. The summed E-state index contributed by atoms with van der Waals surface area (Å²) in [6, 6.07) is 0. The average molecular weight is 438 g/mol. The monoisotopic (exact) mass is 436 g/mol. The molecule has 6 heteroatoms. The molecule has 1 fully saturated rings. The molecule has 0 radical (unpaired) electrons. The van der Waals surface area contributed by atoms with E-state index in [0.717, 1.165) is 5.57 Å². The number of methoxy groups -OCH3 is 1. The summed E-state index contributed by atoms with van der Waals surface area (Å²) < 4.78 is 10.4. The SMILES string of the molecule is C=C/C=C/CC1=C(C)[C@@H](OC(=O)[C@@H]2[C@@H](/C=C(\C)C(=O)OC)C2(C)C)CC1=O.[Zn]. The van der Waals surface area contributed by atoms with E-state index in [4.69, 9.17) is 9.47 Å². The molecule has 0 aromatic rings. The standard InChI is InChI=1S/C22H28O5.Zn/c1-7-8-9-10-15-14(3)18(12-17(15)23)27-21(25)19-16(22(19,4)5)11-13(2)20(24)26-6;/h7-9,11,16,18-19H,1,10,12H2,2-6H3;/b9-8+,13-11+;/t16-,18+,19+;/m1./s1. The third kappa shape index (κ3) is 4.97. The number of ether oxygens (including phenoxy) is 2. The molecule has 5 nitrogen and oxygen atoms in total. The van der Waals surface area contributed by atoms with Crippen LogP contribution in [0.25, 0.3) is 0 Å². The van der Waals surface area contributed by atoms with Crippen LogP contribution in [0.4, 0.5) is 0 Å². The van der Waals surface area contributed by atoms with Crippen molar-refractivity contribution in [3.8, 4) is 0 Å². The second-order valence-electron chi connectivity index (χ2n) is 7.75. The fourth-order valence-corrected chi connectivity index (χ4v) is 3.70. The van der Waals surface area contributed by atoms with E-state index in [2.05, 4.69) is 6.58 Å². The van der Waals surface area contributed by atoms with E-state index in [1.54, 1.807) is 25.2 Å². The van der Waals surface area contributed by atoms with E-state index in [0.29, 0.717) is 17.6 Å². The molecule has 0 aromatic heterocycles. The zero-order valence-electron chi connectivity index (χ0n) is 17.4. The summed E-state index contributed by atoms with van der Waals surface area (Å²) in [4.78, 5) is 36.5. The molecule has 0 aromatic carbocycles. The average Bonchev–Trinajstić information content (AvgIpc) is 3.05. The Bertz CT molecular complexity index is 757. The maximum Gasteiger partial charge on any atom is 0.333 e. The Labute approximate surface area is 179 Å². The van der Waals surface area contributed by atoms with Gasteiger partial charge in [-0.15, -0.1) is 0 Å². The third-order valence-corrected chi connectivity index (χ3v) is 5.62. The number of ketones is 1.